The molecule has 0 unspecified atom stereocenters. The Balaban J connectivity index is 1.51. The molecule has 0 saturated heterocycles. The third kappa shape index (κ3) is 4.78. The first-order valence-electron chi connectivity index (χ1n) is 7.93. The first kappa shape index (κ1) is 15.9. The molecule has 0 fully saturated rings. The summed E-state index contributed by atoms with van der Waals surface area (Å²) in [6.07, 6.45) is 3.68. The van der Waals surface area contributed by atoms with Gasteiger partial charge in [-0.15, -0.1) is 0 Å². The topological polar surface area (TPSA) is 49.8 Å². The number of anilines is 3. The van der Waals surface area contributed by atoms with Gasteiger partial charge in [-0.3, -0.25) is 0 Å². The molecule has 122 valence electrons. The Labute approximate surface area is 140 Å². The van der Waals surface area contributed by atoms with Crippen molar-refractivity contribution in [3.05, 3.63) is 78.2 Å². The van der Waals surface area contributed by atoms with Gasteiger partial charge in [0.2, 0.25) is 5.95 Å². The van der Waals surface area contributed by atoms with E-state index in [2.05, 4.69) is 32.7 Å². The molecule has 0 aliphatic carbocycles. The van der Waals surface area contributed by atoms with E-state index in [9.17, 15) is 4.39 Å². The normalized spacial score (nSPS) is 10.4. The van der Waals surface area contributed by atoms with Crippen molar-refractivity contribution in [1.29, 1.82) is 0 Å². The number of hydrogen-bond donors (Lipinski definition) is 2. The maximum atomic E-state index is 13.2. The van der Waals surface area contributed by atoms with Gasteiger partial charge in [0.15, 0.2) is 0 Å². The predicted molar refractivity (Wildman–Crippen MR) is 95.0 cm³/mol. The van der Waals surface area contributed by atoms with E-state index >= 15 is 0 Å². The van der Waals surface area contributed by atoms with Gasteiger partial charge < -0.3 is 10.6 Å². The highest BCUT2D eigenvalue weighted by Crippen LogP contribution is 2.16. The summed E-state index contributed by atoms with van der Waals surface area (Å²) in [7, 11) is 0. The van der Waals surface area contributed by atoms with Crippen molar-refractivity contribution >= 4 is 17.5 Å². The molecule has 0 saturated carbocycles. The van der Waals surface area contributed by atoms with E-state index in [-0.39, 0.29) is 5.82 Å². The Hall–Kier alpha value is -2.95. The van der Waals surface area contributed by atoms with Gasteiger partial charge in [0, 0.05) is 18.4 Å². The van der Waals surface area contributed by atoms with Gasteiger partial charge in [-0.25, -0.2) is 9.37 Å². The lowest BCUT2D eigenvalue weighted by atomic mass is 10.1. The molecule has 4 nitrogen and oxygen atoms in total. The fraction of sp³-hybridized carbons (Fsp3) is 0.158. The molecular formula is C19H19FN4. The molecule has 0 bridgehead atoms. The van der Waals surface area contributed by atoms with Crippen LogP contribution in [0.4, 0.5) is 21.8 Å². The van der Waals surface area contributed by atoms with Crippen LogP contribution in [0.3, 0.4) is 0 Å². The summed E-state index contributed by atoms with van der Waals surface area (Å²) in [4.78, 5) is 8.59. The van der Waals surface area contributed by atoms with Crippen LogP contribution < -0.4 is 10.6 Å². The van der Waals surface area contributed by atoms with E-state index in [1.165, 1.54) is 17.7 Å². The van der Waals surface area contributed by atoms with Gasteiger partial charge in [0.25, 0.3) is 0 Å². The minimum Gasteiger partial charge on any atom is -0.354 e. The molecule has 5 heteroatoms. The zero-order chi connectivity index (χ0) is 16.6. The van der Waals surface area contributed by atoms with Crippen molar-refractivity contribution in [3.8, 4) is 0 Å². The quantitative estimate of drug-likeness (QED) is 0.633. The van der Waals surface area contributed by atoms with Crippen LogP contribution in [-0.2, 0) is 6.42 Å². The highest BCUT2D eigenvalue weighted by Gasteiger charge is 2.01. The number of nitrogens with zero attached hydrogens (tertiary/aromatic N) is 2. The summed E-state index contributed by atoms with van der Waals surface area (Å²) in [6.45, 7) is 0.790. The average Bonchev–Trinajstić information content (AvgIpc) is 2.60. The van der Waals surface area contributed by atoms with Gasteiger partial charge in [0.05, 0.1) is 0 Å². The van der Waals surface area contributed by atoms with E-state index in [0.29, 0.717) is 17.5 Å². The first-order chi connectivity index (χ1) is 11.8. The van der Waals surface area contributed by atoms with Crippen molar-refractivity contribution in [2.45, 2.75) is 12.8 Å². The standard InChI is InChI=1S/C19H19FN4/c20-16-9-4-10-17(14-16)23-18-11-13-22-19(24-18)21-12-5-8-15-6-2-1-3-7-15/h1-4,6-7,9-11,13-14H,5,8,12H2,(H2,21,22,23,24). The van der Waals surface area contributed by atoms with Crippen molar-refractivity contribution in [2.75, 3.05) is 17.2 Å². The maximum Gasteiger partial charge on any atom is 0.224 e. The number of halogens is 1. The third-order valence-electron chi connectivity index (χ3n) is 3.52. The van der Waals surface area contributed by atoms with Crippen LogP contribution in [0, 0.1) is 5.82 Å². The third-order valence-corrected chi connectivity index (χ3v) is 3.52. The molecule has 0 spiro atoms. The van der Waals surface area contributed by atoms with Gasteiger partial charge >= 0.3 is 0 Å². The van der Waals surface area contributed by atoms with Crippen LogP contribution in [0.5, 0.6) is 0 Å². The Morgan fingerprint density at radius 3 is 2.67 bits per heavy atom. The highest BCUT2D eigenvalue weighted by molar-refractivity contribution is 5.56. The molecule has 2 aromatic carbocycles. The Kier molecular flexibility index (Phi) is 5.35. The van der Waals surface area contributed by atoms with Crippen LogP contribution in [-0.4, -0.2) is 16.5 Å². The fourth-order valence-electron chi connectivity index (χ4n) is 2.36. The smallest absolute Gasteiger partial charge is 0.224 e. The van der Waals surface area contributed by atoms with E-state index in [4.69, 9.17) is 0 Å². The zero-order valence-corrected chi connectivity index (χ0v) is 13.2. The summed E-state index contributed by atoms with van der Waals surface area (Å²) >= 11 is 0. The van der Waals surface area contributed by atoms with Crippen LogP contribution >= 0.6 is 0 Å². The summed E-state index contributed by atoms with van der Waals surface area (Å²) in [6, 6.07) is 18.4. The minimum absolute atomic E-state index is 0.284. The fourth-order valence-corrected chi connectivity index (χ4v) is 2.36. The largest absolute Gasteiger partial charge is 0.354 e. The number of aryl methyl sites for hydroxylation is 1. The number of benzene rings is 2. The van der Waals surface area contributed by atoms with E-state index in [1.54, 1.807) is 24.4 Å². The average molecular weight is 322 g/mol. The SMILES string of the molecule is Fc1cccc(Nc2ccnc(NCCCc3ccccc3)n2)c1. The van der Waals surface area contributed by atoms with Crippen LogP contribution in [0.25, 0.3) is 0 Å². The summed E-state index contributed by atoms with van der Waals surface area (Å²) < 4.78 is 13.2. The molecule has 3 aromatic rings. The van der Waals surface area contributed by atoms with Crippen LogP contribution in [0.2, 0.25) is 0 Å². The van der Waals surface area contributed by atoms with Gasteiger partial charge in [-0.05, 0) is 42.7 Å². The Morgan fingerprint density at radius 1 is 0.958 bits per heavy atom. The number of rotatable bonds is 7. The molecule has 1 heterocycles. The summed E-state index contributed by atoms with van der Waals surface area (Å²) in [5, 5.41) is 6.29. The first-order valence-corrected chi connectivity index (χ1v) is 7.93. The van der Waals surface area contributed by atoms with Crippen molar-refractivity contribution in [2.24, 2.45) is 0 Å². The Bertz CT molecular complexity index is 777. The van der Waals surface area contributed by atoms with Crippen molar-refractivity contribution in [3.63, 3.8) is 0 Å². The molecule has 0 aliphatic rings. The molecule has 1 aromatic heterocycles. The summed E-state index contributed by atoms with van der Waals surface area (Å²) in [5.41, 5.74) is 1.98. The van der Waals surface area contributed by atoms with Gasteiger partial charge in [0.1, 0.15) is 11.6 Å². The van der Waals surface area contributed by atoms with E-state index in [1.807, 2.05) is 18.2 Å². The number of aromatic nitrogens is 2. The van der Waals surface area contributed by atoms with Crippen LogP contribution in [0.15, 0.2) is 66.9 Å². The second kappa shape index (κ2) is 8.06. The molecular weight excluding hydrogens is 303 g/mol. The molecule has 2 N–H and O–H groups in total. The second-order valence-electron chi connectivity index (χ2n) is 5.42. The lowest BCUT2D eigenvalue weighted by Gasteiger charge is -2.08. The monoisotopic (exact) mass is 322 g/mol. The van der Waals surface area contributed by atoms with Gasteiger partial charge in [-0.1, -0.05) is 36.4 Å². The highest BCUT2D eigenvalue weighted by atomic mass is 19.1. The number of hydrogen-bond acceptors (Lipinski definition) is 4. The predicted octanol–water partition coefficient (Wildman–Crippen LogP) is 4.40. The molecule has 0 amide bonds. The maximum absolute atomic E-state index is 13.2. The molecule has 24 heavy (non-hydrogen) atoms. The Morgan fingerprint density at radius 2 is 1.83 bits per heavy atom. The van der Waals surface area contributed by atoms with Crippen molar-refractivity contribution < 1.29 is 4.39 Å². The lowest BCUT2D eigenvalue weighted by Crippen LogP contribution is -2.07. The second-order valence-corrected chi connectivity index (χ2v) is 5.42. The van der Waals surface area contributed by atoms with Crippen molar-refractivity contribution in [1.82, 2.24) is 9.97 Å². The minimum atomic E-state index is -0.284. The molecule has 3 rings (SSSR count). The number of nitrogens with one attached hydrogen (secondary N) is 2. The van der Waals surface area contributed by atoms with Crippen LogP contribution in [0.1, 0.15) is 12.0 Å². The molecule has 0 radical (unpaired) electrons. The lowest BCUT2D eigenvalue weighted by molar-refractivity contribution is 0.628. The molecule has 0 atom stereocenters. The van der Waals surface area contributed by atoms with Gasteiger partial charge in [-0.2, -0.15) is 4.98 Å². The zero-order valence-electron chi connectivity index (χ0n) is 13.2. The summed E-state index contributed by atoms with van der Waals surface area (Å²) in [5.74, 6) is 0.902. The van der Waals surface area contributed by atoms with E-state index < -0.39 is 0 Å². The van der Waals surface area contributed by atoms with E-state index in [0.717, 1.165) is 19.4 Å². The molecule has 0 aliphatic heterocycles.